The third-order valence-electron chi connectivity index (χ3n) is 4.34. The molecule has 3 nitrogen and oxygen atoms in total. The zero-order valence-electron chi connectivity index (χ0n) is 13.0. The molecule has 2 aromatic rings. The van der Waals surface area contributed by atoms with Crippen LogP contribution < -0.4 is 5.32 Å². The lowest BCUT2D eigenvalue weighted by atomic mass is 10.0. The minimum Gasteiger partial charge on any atom is -0.326 e. The van der Waals surface area contributed by atoms with Crippen molar-refractivity contribution in [3.05, 3.63) is 34.7 Å². The van der Waals surface area contributed by atoms with Gasteiger partial charge in [-0.1, -0.05) is 37.8 Å². The number of amides is 1. The van der Waals surface area contributed by atoms with Crippen LogP contribution in [0.5, 0.6) is 0 Å². The third-order valence-corrected chi connectivity index (χ3v) is 5.11. The fraction of sp³-hybridized carbons (Fsp3) is 0.444. The Morgan fingerprint density at radius 1 is 1.27 bits per heavy atom. The van der Waals surface area contributed by atoms with Crippen molar-refractivity contribution in [3.8, 4) is 11.3 Å². The number of nitrogens with zero attached hydrogens (tertiary/aromatic N) is 1. The molecule has 1 aromatic carbocycles. The Bertz CT molecular complexity index is 627. The summed E-state index contributed by atoms with van der Waals surface area (Å²) in [6.07, 6.45) is 6.94. The number of carbonyl (C=O) groups excluding carboxylic acids is 1. The predicted octanol–water partition coefficient (Wildman–Crippen LogP) is 5.03. The molecule has 22 heavy (non-hydrogen) atoms. The Balaban J connectivity index is 1.53. The average Bonchev–Trinajstić information content (AvgIpc) is 3.17. The molecule has 1 amide bonds. The van der Waals surface area contributed by atoms with E-state index in [4.69, 9.17) is 0 Å². The van der Waals surface area contributed by atoms with Gasteiger partial charge in [0.2, 0.25) is 5.91 Å². The van der Waals surface area contributed by atoms with Gasteiger partial charge in [-0.25, -0.2) is 4.98 Å². The average molecular weight is 314 g/mol. The third kappa shape index (κ3) is 3.95. The Morgan fingerprint density at radius 2 is 2.00 bits per heavy atom. The van der Waals surface area contributed by atoms with Gasteiger partial charge in [0, 0.05) is 23.1 Å². The van der Waals surface area contributed by atoms with Crippen LogP contribution >= 0.6 is 11.3 Å². The van der Waals surface area contributed by atoms with Gasteiger partial charge in [-0.15, -0.1) is 11.3 Å². The second kappa shape index (κ2) is 7.05. The van der Waals surface area contributed by atoms with Crippen molar-refractivity contribution in [1.82, 2.24) is 4.98 Å². The summed E-state index contributed by atoms with van der Waals surface area (Å²) in [7, 11) is 0. The number of thiazole rings is 1. The topological polar surface area (TPSA) is 42.0 Å². The highest BCUT2D eigenvalue weighted by Crippen LogP contribution is 2.28. The molecule has 0 aliphatic heterocycles. The summed E-state index contributed by atoms with van der Waals surface area (Å²) in [6, 6.07) is 7.94. The Morgan fingerprint density at radius 3 is 2.64 bits per heavy atom. The number of aryl methyl sites for hydroxylation is 1. The lowest BCUT2D eigenvalue weighted by molar-refractivity contribution is -0.116. The van der Waals surface area contributed by atoms with E-state index >= 15 is 0 Å². The molecule has 1 N–H and O–H groups in total. The number of rotatable bonds is 5. The quantitative estimate of drug-likeness (QED) is 0.841. The molecule has 0 bridgehead atoms. The van der Waals surface area contributed by atoms with Gasteiger partial charge < -0.3 is 5.32 Å². The SMILES string of the molecule is Cc1nc(-c2ccc(NC(=O)CCC3CCCC3)cc2)cs1. The van der Waals surface area contributed by atoms with Crippen molar-refractivity contribution in [1.29, 1.82) is 0 Å². The van der Waals surface area contributed by atoms with Crippen molar-refractivity contribution < 1.29 is 4.79 Å². The summed E-state index contributed by atoms with van der Waals surface area (Å²) in [5.74, 6) is 0.894. The van der Waals surface area contributed by atoms with Gasteiger partial charge in [-0.05, 0) is 31.4 Å². The van der Waals surface area contributed by atoms with Crippen molar-refractivity contribution in [2.24, 2.45) is 5.92 Å². The molecule has 0 unspecified atom stereocenters. The molecule has 1 heterocycles. The van der Waals surface area contributed by atoms with Crippen LogP contribution in [0.2, 0.25) is 0 Å². The van der Waals surface area contributed by atoms with Crippen LogP contribution in [-0.4, -0.2) is 10.9 Å². The van der Waals surface area contributed by atoms with Crippen LogP contribution in [0.4, 0.5) is 5.69 Å². The van der Waals surface area contributed by atoms with Crippen molar-refractivity contribution in [2.75, 3.05) is 5.32 Å². The first-order valence-corrected chi connectivity index (χ1v) is 8.91. The van der Waals surface area contributed by atoms with Crippen LogP contribution in [0.15, 0.2) is 29.6 Å². The Kier molecular flexibility index (Phi) is 4.88. The van der Waals surface area contributed by atoms with Gasteiger partial charge in [-0.2, -0.15) is 0 Å². The molecular weight excluding hydrogens is 292 g/mol. The molecule has 1 aromatic heterocycles. The number of hydrogen-bond donors (Lipinski definition) is 1. The first-order chi connectivity index (χ1) is 10.7. The van der Waals surface area contributed by atoms with E-state index < -0.39 is 0 Å². The highest BCUT2D eigenvalue weighted by molar-refractivity contribution is 7.09. The summed E-state index contributed by atoms with van der Waals surface area (Å²) in [4.78, 5) is 16.5. The second-order valence-corrected chi connectivity index (χ2v) is 7.13. The normalized spacial score (nSPS) is 15.1. The Hall–Kier alpha value is -1.68. The van der Waals surface area contributed by atoms with Crippen molar-refractivity contribution in [2.45, 2.75) is 45.4 Å². The smallest absolute Gasteiger partial charge is 0.224 e. The second-order valence-electron chi connectivity index (χ2n) is 6.07. The van der Waals surface area contributed by atoms with Crippen LogP contribution in [0.25, 0.3) is 11.3 Å². The highest BCUT2D eigenvalue weighted by atomic mass is 32.1. The summed E-state index contributed by atoms with van der Waals surface area (Å²) in [5.41, 5.74) is 2.96. The number of benzene rings is 1. The van der Waals surface area contributed by atoms with Gasteiger partial charge in [0.15, 0.2) is 0 Å². The Labute approximate surface area is 135 Å². The number of hydrogen-bond acceptors (Lipinski definition) is 3. The standard InChI is InChI=1S/C18H22N2OS/c1-13-19-17(12-22-13)15-7-9-16(10-8-15)20-18(21)11-6-14-4-2-3-5-14/h7-10,12,14H,2-6,11H2,1H3,(H,20,21). The molecular formula is C18H22N2OS. The lowest BCUT2D eigenvalue weighted by Gasteiger charge is -2.09. The van der Waals surface area contributed by atoms with E-state index in [0.717, 1.165) is 34.3 Å². The van der Waals surface area contributed by atoms with E-state index in [9.17, 15) is 4.79 Å². The van der Waals surface area contributed by atoms with E-state index in [1.807, 2.05) is 31.2 Å². The van der Waals surface area contributed by atoms with E-state index in [1.54, 1.807) is 11.3 Å². The van der Waals surface area contributed by atoms with Gasteiger partial charge in [0.1, 0.15) is 0 Å². The molecule has 1 fully saturated rings. The maximum atomic E-state index is 12.0. The van der Waals surface area contributed by atoms with Gasteiger partial charge in [-0.3, -0.25) is 4.79 Å². The molecule has 0 spiro atoms. The fourth-order valence-corrected chi connectivity index (χ4v) is 3.70. The highest BCUT2D eigenvalue weighted by Gasteiger charge is 2.16. The zero-order valence-corrected chi connectivity index (χ0v) is 13.8. The molecule has 116 valence electrons. The maximum absolute atomic E-state index is 12.0. The number of nitrogens with one attached hydrogen (secondary N) is 1. The summed E-state index contributed by atoms with van der Waals surface area (Å²) in [6.45, 7) is 2.01. The molecule has 0 atom stereocenters. The van der Waals surface area contributed by atoms with Crippen LogP contribution in [0.1, 0.15) is 43.5 Å². The fourth-order valence-electron chi connectivity index (χ4n) is 3.08. The van der Waals surface area contributed by atoms with Gasteiger partial charge in [0.05, 0.1) is 10.7 Å². The first-order valence-electron chi connectivity index (χ1n) is 8.03. The van der Waals surface area contributed by atoms with Crippen LogP contribution in [0.3, 0.4) is 0 Å². The lowest BCUT2D eigenvalue weighted by Crippen LogP contribution is -2.12. The molecule has 0 radical (unpaired) electrons. The number of anilines is 1. The molecule has 1 aliphatic carbocycles. The maximum Gasteiger partial charge on any atom is 0.224 e. The van der Waals surface area contributed by atoms with Crippen LogP contribution in [-0.2, 0) is 4.79 Å². The first kappa shape index (κ1) is 15.2. The van der Waals surface area contributed by atoms with E-state index in [2.05, 4.69) is 15.7 Å². The summed E-state index contributed by atoms with van der Waals surface area (Å²) >= 11 is 1.65. The largest absolute Gasteiger partial charge is 0.326 e. The van der Waals surface area contributed by atoms with E-state index in [0.29, 0.717) is 6.42 Å². The van der Waals surface area contributed by atoms with Crippen LogP contribution in [0, 0.1) is 12.8 Å². The van der Waals surface area contributed by atoms with Gasteiger partial charge >= 0.3 is 0 Å². The minimum absolute atomic E-state index is 0.129. The van der Waals surface area contributed by atoms with Crippen molar-refractivity contribution >= 4 is 22.9 Å². The van der Waals surface area contributed by atoms with Crippen molar-refractivity contribution in [3.63, 3.8) is 0 Å². The molecule has 4 heteroatoms. The summed E-state index contributed by atoms with van der Waals surface area (Å²) in [5, 5.41) is 6.12. The zero-order chi connectivity index (χ0) is 15.4. The van der Waals surface area contributed by atoms with E-state index in [1.165, 1.54) is 25.7 Å². The summed E-state index contributed by atoms with van der Waals surface area (Å²) < 4.78 is 0. The molecule has 3 rings (SSSR count). The number of carbonyl (C=O) groups is 1. The van der Waals surface area contributed by atoms with Gasteiger partial charge in [0.25, 0.3) is 0 Å². The predicted molar refractivity (Wildman–Crippen MR) is 92.1 cm³/mol. The monoisotopic (exact) mass is 314 g/mol. The molecule has 1 aliphatic rings. The number of aromatic nitrogens is 1. The minimum atomic E-state index is 0.129. The van der Waals surface area contributed by atoms with E-state index in [-0.39, 0.29) is 5.91 Å². The molecule has 1 saturated carbocycles. The molecule has 0 saturated heterocycles.